The number of hydrogen-bond donors (Lipinski definition) is 2. The molecule has 8 heteroatoms. The second kappa shape index (κ2) is 13.0. The van der Waals surface area contributed by atoms with Crippen LogP contribution < -0.4 is 0 Å². The van der Waals surface area contributed by atoms with E-state index in [1.165, 1.54) is 44.9 Å². The van der Waals surface area contributed by atoms with Crippen LogP contribution in [0.25, 0.3) is 0 Å². The standard InChI is InChI=1S/C10H18O2S.C9H16O3.C5H10OS/c1-13-10(5-6-10)8-12-9-4-2-3-7-11-9;10-9(4-5-9)7-12-8-3-1-2-6-11-8;1-7-5(4-6)2-3-5/h9H,2-8H2,1H3;8,10H,1-7H2;6H,2-4H2,1H3. The summed E-state index contributed by atoms with van der Waals surface area (Å²) in [5, 5.41) is 18.1. The molecule has 0 aromatic heterocycles. The first-order valence-corrected chi connectivity index (χ1v) is 14.8. The molecule has 3 saturated carbocycles. The van der Waals surface area contributed by atoms with Crippen LogP contribution in [0.3, 0.4) is 0 Å². The molecule has 0 aromatic carbocycles. The van der Waals surface area contributed by atoms with Gasteiger partial charge in [-0.15, -0.1) is 0 Å². The average molecular weight is 493 g/mol. The Morgan fingerprint density at radius 2 is 1.25 bits per heavy atom. The van der Waals surface area contributed by atoms with E-state index in [4.69, 9.17) is 24.1 Å². The highest BCUT2D eigenvalue weighted by Gasteiger charge is 2.43. The van der Waals surface area contributed by atoms with E-state index < -0.39 is 5.60 Å². The zero-order valence-corrected chi connectivity index (χ0v) is 21.7. The predicted octanol–water partition coefficient (Wildman–Crippen LogP) is 4.35. The lowest BCUT2D eigenvalue weighted by molar-refractivity contribution is -0.178. The Kier molecular flexibility index (Phi) is 11.0. The van der Waals surface area contributed by atoms with Crippen LogP contribution in [-0.4, -0.2) is 83.4 Å². The lowest BCUT2D eigenvalue weighted by Gasteiger charge is -2.24. The quantitative estimate of drug-likeness (QED) is 0.492. The highest BCUT2D eigenvalue weighted by Crippen LogP contribution is 2.47. The summed E-state index contributed by atoms with van der Waals surface area (Å²) in [6, 6.07) is 0. The normalized spacial score (nSPS) is 30.8. The summed E-state index contributed by atoms with van der Waals surface area (Å²) >= 11 is 3.73. The molecule has 188 valence electrons. The van der Waals surface area contributed by atoms with Gasteiger partial charge in [0, 0.05) is 22.7 Å². The number of rotatable bonds is 9. The molecule has 2 heterocycles. The number of aliphatic hydroxyl groups is 2. The number of thioether (sulfide) groups is 2. The maximum atomic E-state index is 9.48. The molecule has 0 aromatic rings. The number of aliphatic hydroxyl groups excluding tert-OH is 1. The smallest absolute Gasteiger partial charge is 0.157 e. The maximum Gasteiger partial charge on any atom is 0.157 e. The molecular weight excluding hydrogens is 448 g/mol. The van der Waals surface area contributed by atoms with E-state index in [2.05, 4.69) is 12.5 Å². The average Bonchev–Trinajstić information content (AvgIpc) is 3.75. The molecule has 2 saturated heterocycles. The zero-order valence-electron chi connectivity index (χ0n) is 20.0. The molecule has 0 amide bonds. The minimum atomic E-state index is -0.499. The van der Waals surface area contributed by atoms with Gasteiger partial charge in [-0.25, -0.2) is 0 Å². The minimum absolute atomic E-state index is 0.0524. The fourth-order valence-corrected chi connectivity index (χ4v) is 4.92. The summed E-state index contributed by atoms with van der Waals surface area (Å²) < 4.78 is 22.8. The first kappa shape index (κ1) is 27.1. The lowest BCUT2D eigenvalue weighted by Crippen LogP contribution is -2.27. The predicted molar refractivity (Wildman–Crippen MR) is 131 cm³/mol. The fourth-order valence-electron chi connectivity index (χ4n) is 3.58. The molecule has 2 unspecified atom stereocenters. The highest BCUT2D eigenvalue weighted by molar-refractivity contribution is 8.00. The third kappa shape index (κ3) is 9.61. The summed E-state index contributed by atoms with van der Waals surface area (Å²) in [5.41, 5.74) is -0.499. The van der Waals surface area contributed by atoms with E-state index >= 15 is 0 Å². The monoisotopic (exact) mass is 492 g/mol. The van der Waals surface area contributed by atoms with Gasteiger partial charge in [-0.05, 0) is 89.6 Å². The molecule has 3 aliphatic carbocycles. The van der Waals surface area contributed by atoms with Gasteiger partial charge in [0.05, 0.1) is 25.4 Å². The van der Waals surface area contributed by atoms with Gasteiger partial charge in [0.2, 0.25) is 0 Å². The molecule has 5 rings (SSSR count). The molecule has 6 nitrogen and oxygen atoms in total. The zero-order chi connectivity index (χ0) is 22.9. The molecular formula is C24H44O6S2. The van der Waals surface area contributed by atoms with Crippen molar-refractivity contribution >= 4 is 23.5 Å². The minimum Gasteiger partial charge on any atom is -0.395 e. The molecule has 5 aliphatic rings. The Morgan fingerprint density at radius 1 is 0.750 bits per heavy atom. The summed E-state index contributed by atoms with van der Waals surface area (Å²) in [6.07, 6.45) is 18.0. The lowest BCUT2D eigenvalue weighted by atomic mass is 10.2. The van der Waals surface area contributed by atoms with Crippen LogP contribution in [0.1, 0.15) is 77.0 Å². The summed E-state index contributed by atoms with van der Waals surface area (Å²) in [5.74, 6) is 0. The number of hydrogen-bond acceptors (Lipinski definition) is 8. The molecule has 2 aliphatic heterocycles. The largest absolute Gasteiger partial charge is 0.395 e. The Balaban J connectivity index is 0.000000142. The van der Waals surface area contributed by atoms with Gasteiger partial charge in [-0.2, -0.15) is 23.5 Å². The van der Waals surface area contributed by atoms with E-state index in [0.717, 1.165) is 51.9 Å². The number of ether oxygens (including phenoxy) is 4. The molecule has 2 N–H and O–H groups in total. The second-order valence-electron chi connectivity index (χ2n) is 9.87. The third-order valence-electron chi connectivity index (χ3n) is 6.94. The Labute approximate surface area is 202 Å². The van der Waals surface area contributed by atoms with Gasteiger partial charge in [-0.3, -0.25) is 0 Å². The molecule has 0 radical (unpaired) electrons. The van der Waals surface area contributed by atoms with Crippen LogP contribution in [0.15, 0.2) is 0 Å². The van der Waals surface area contributed by atoms with Gasteiger partial charge in [0.1, 0.15) is 0 Å². The van der Waals surface area contributed by atoms with Crippen LogP contribution >= 0.6 is 23.5 Å². The van der Waals surface area contributed by atoms with E-state index in [1.807, 2.05) is 11.8 Å². The van der Waals surface area contributed by atoms with Crippen molar-refractivity contribution in [3.05, 3.63) is 0 Å². The Morgan fingerprint density at radius 3 is 1.56 bits per heavy atom. The molecule has 0 bridgehead atoms. The second-order valence-corrected chi connectivity index (χ2v) is 12.4. The van der Waals surface area contributed by atoms with Crippen molar-refractivity contribution in [3.63, 3.8) is 0 Å². The van der Waals surface area contributed by atoms with Gasteiger partial charge >= 0.3 is 0 Å². The summed E-state index contributed by atoms with van der Waals surface area (Å²) in [4.78, 5) is 0. The van der Waals surface area contributed by atoms with Crippen molar-refractivity contribution in [3.8, 4) is 0 Å². The van der Waals surface area contributed by atoms with Crippen LogP contribution in [0, 0.1) is 0 Å². The van der Waals surface area contributed by atoms with E-state index in [9.17, 15) is 5.11 Å². The molecule has 5 fully saturated rings. The van der Waals surface area contributed by atoms with Crippen LogP contribution in [0.2, 0.25) is 0 Å². The van der Waals surface area contributed by atoms with Crippen molar-refractivity contribution in [2.45, 2.75) is 105 Å². The third-order valence-corrected chi connectivity index (χ3v) is 9.74. The van der Waals surface area contributed by atoms with E-state index in [-0.39, 0.29) is 12.6 Å². The topological polar surface area (TPSA) is 77.4 Å². The highest BCUT2D eigenvalue weighted by atomic mass is 32.2. The van der Waals surface area contributed by atoms with E-state index in [0.29, 0.717) is 22.7 Å². The van der Waals surface area contributed by atoms with Crippen molar-refractivity contribution in [1.29, 1.82) is 0 Å². The summed E-state index contributed by atoms with van der Waals surface area (Å²) in [7, 11) is 0. The molecule has 0 spiro atoms. The molecule has 32 heavy (non-hydrogen) atoms. The van der Waals surface area contributed by atoms with Gasteiger partial charge in [0.15, 0.2) is 12.6 Å². The van der Waals surface area contributed by atoms with Gasteiger partial charge in [-0.1, -0.05) is 0 Å². The fraction of sp³-hybridized carbons (Fsp3) is 1.00. The van der Waals surface area contributed by atoms with E-state index in [1.54, 1.807) is 11.8 Å². The van der Waals surface area contributed by atoms with Crippen LogP contribution in [-0.2, 0) is 18.9 Å². The Bertz CT molecular complexity index is 519. The molecule has 2 atom stereocenters. The van der Waals surface area contributed by atoms with Crippen molar-refractivity contribution < 1.29 is 29.2 Å². The first-order chi connectivity index (χ1) is 15.5. The Hall–Kier alpha value is 0.460. The van der Waals surface area contributed by atoms with Crippen LogP contribution in [0.4, 0.5) is 0 Å². The van der Waals surface area contributed by atoms with Crippen molar-refractivity contribution in [1.82, 2.24) is 0 Å². The van der Waals surface area contributed by atoms with Crippen LogP contribution in [0.5, 0.6) is 0 Å². The van der Waals surface area contributed by atoms with Crippen molar-refractivity contribution in [2.24, 2.45) is 0 Å². The van der Waals surface area contributed by atoms with Crippen molar-refractivity contribution in [2.75, 3.05) is 45.5 Å². The van der Waals surface area contributed by atoms with Gasteiger partial charge in [0.25, 0.3) is 0 Å². The van der Waals surface area contributed by atoms with Gasteiger partial charge < -0.3 is 29.2 Å². The first-order valence-electron chi connectivity index (χ1n) is 12.4. The SMILES string of the molecule is CSC1(CO)CC1.CSC1(COC2CCCCO2)CC1.OC1(COC2CCCCO2)CC1. The maximum absolute atomic E-state index is 9.48. The summed E-state index contributed by atoms with van der Waals surface area (Å²) in [6.45, 7) is 3.41.